The van der Waals surface area contributed by atoms with Crippen LogP contribution in [0.2, 0.25) is 0 Å². The van der Waals surface area contributed by atoms with Crippen molar-refractivity contribution in [2.24, 2.45) is 0 Å². The average molecular weight is 347 g/mol. The Bertz CT molecular complexity index is 455. The third-order valence-corrected chi connectivity index (χ3v) is 4.08. The van der Waals surface area contributed by atoms with Crippen LogP contribution in [0.1, 0.15) is 12.5 Å². The van der Waals surface area contributed by atoms with Crippen molar-refractivity contribution in [1.29, 1.82) is 0 Å². The van der Waals surface area contributed by atoms with Gasteiger partial charge in [-0.05, 0) is 24.6 Å². The fraction of sp³-hybridized carbons (Fsp3) is 0.500. The second-order valence-electron chi connectivity index (χ2n) is 4.81. The molecule has 5 heteroatoms. The summed E-state index contributed by atoms with van der Waals surface area (Å²) in [7, 11) is 0. The fourth-order valence-electron chi connectivity index (χ4n) is 2.18. The zero-order valence-electron chi connectivity index (χ0n) is 10.8. The van der Waals surface area contributed by atoms with E-state index in [2.05, 4.69) is 15.9 Å². The van der Waals surface area contributed by atoms with Gasteiger partial charge in [-0.15, -0.1) is 11.6 Å². The first-order valence-electron chi connectivity index (χ1n) is 6.31. The zero-order chi connectivity index (χ0) is 13.8. The lowest BCUT2D eigenvalue weighted by Crippen LogP contribution is -2.52. The molecule has 1 heterocycles. The molecule has 2 rings (SSSR count). The first-order valence-corrected chi connectivity index (χ1v) is 7.64. The molecule has 1 aliphatic heterocycles. The number of nitrogens with zero attached hydrogens (tertiary/aromatic N) is 1. The summed E-state index contributed by atoms with van der Waals surface area (Å²) in [5, 5.41) is 0. The van der Waals surface area contributed by atoms with Crippen molar-refractivity contribution < 1.29 is 9.53 Å². The van der Waals surface area contributed by atoms with Gasteiger partial charge in [0.05, 0.1) is 31.1 Å². The summed E-state index contributed by atoms with van der Waals surface area (Å²) in [5.41, 5.74) is 1.01. The van der Waals surface area contributed by atoms with Crippen LogP contribution < -0.4 is 0 Å². The number of alkyl halides is 1. The summed E-state index contributed by atoms with van der Waals surface area (Å²) in [6.45, 7) is 3.14. The molecule has 0 aromatic heterocycles. The molecule has 3 nitrogen and oxygen atoms in total. The maximum Gasteiger partial charge on any atom is 0.227 e. The van der Waals surface area contributed by atoms with E-state index < -0.39 is 0 Å². The highest BCUT2D eigenvalue weighted by molar-refractivity contribution is 9.10. The molecule has 104 valence electrons. The van der Waals surface area contributed by atoms with Crippen molar-refractivity contribution in [1.82, 2.24) is 4.90 Å². The van der Waals surface area contributed by atoms with Gasteiger partial charge in [0.25, 0.3) is 0 Å². The number of rotatable bonds is 3. The molecule has 0 spiro atoms. The topological polar surface area (TPSA) is 29.5 Å². The standard InChI is InChI=1S/C14H17BrClNO2/c1-10-9-19-13(7-16)8-17(10)14(18)6-11-3-2-4-12(15)5-11/h2-5,10,13H,6-9H2,1H3. The number of hydrogen-bond donors (Lipinski definition) is 0. The van der Waals surface area contributed by atoms with Gasteiger partial charge in [0.2, 0.25) is 5.91 Å². The van der Waals surface area contributed by atoms with Gasteiger partial charge < -0.3 is 9.64 Å². The first-order chi connectivity index (χ1) is 9.10. The number of amides is 1. The molecule has 2 unspecified atom stereocenters. The summed E-state index contributed by atoms with van der Waals surface area (Å²) < 4.78 is 6.55. The molecule has 19 heavy (non-hydrogen) atoms. The molecule has 0 aliphatic carbocycles. The van der Waals surface area contributed by atoms with Crippen molar-refractivity contribution in [3.8, 4) is 0 Å². The molecule has 1 fully saturated rings. The Balaban J connectivity index is 2.02. The van der Waals surface area contributed by atoms with Gasteiger partial charge in [-0.3, -0.25) is 4.79 Å². The van der Waals surface area contributed by atoms with Crippen molar-refractivity contribution in [2.75, 3.05) is 19.0 Å². The minimum atomic E-state index is -0.0515. The van der Waals surface area contributed by atoms with E-state index in [1.165, 1.54) is 0 Å². The van der Waals surface area contributed by atoms with Gasteiger partial charge in [-0.25, -0.2) is 0 Å². The molecule has 0 saturated carbocycles. The predicted molar refractivity (Wildman–Crippen MR) is 79.5 cm³/mol. The van der Waals surface area contributed by atoms with E-state index in [1.54, 1.807) is 0 Å². The van der Waals surface area contributed by atoms with E-state index >= 15 is 0 Å². The van der Waals surface area contributed by atoms with Crippen molar-refractivity contribution in [3.63, 3.8) is 0 Å². The Morgan fingerprint density at radius 3 is 3.05 bits per heavy atom. The van der Waals surface area contributed by atoms with Gasteiger partial charge in [-0.1, -0.05) is 28.1 Å². The smallest absolute Gasteiger partial charge is 0.227 e. The molecule has 0 N–H and O–H groups in total. The van der Waals surface area contributed by atoms with Gasteiger partial charge >= 0.3 is 0 Å². The Morgan fingerprint density at radius 1 is 1.58 bits per heavy atom. The van der Waals surface area contributed by atoms with E-state index in [1.807, 2.05) is 36.1 Å². The summed E-state index contributed by atoms with van der Waals surface area (Å²) in [6.07, 6.45) is 0.364. The molecular formula is C14H17BrClNO2. The highest BCUT2D eigenvalue weighted by Crippen LogP contribution is 2.17. The van der Waals surface area contributed by atoms with Crippen molar-refractivity contribution >= 4 is 33.4 Å². The summed E-state index contributed by atoms with van der Waals surface area (Å²) in [6, 6.07) is 7.94. The predicted octanol–water partition coefficient (Wildman–Crippen LogP) is 2.85. The van der Waals surface area contributed by atoms with E-state index in [-0.39, 0.29) is 18.1 Å². The molecule has 2 atom stereocenters. The van der Waals surface area contributed by atoms with Gasteiger partial charge in [0, 0.05) is 11.0 Å². The maximum absolute atomic E-state index is 12.4. The summed E-state index contributed by atoms with van der Waals surface area (Å²) in [5.74, 6) is 0.553. The molecule has 1 aromatic carbocycles. The van der Waals surface area contributed by atoms with E-state index in [9.17, 15) is 4.79 Å². The highest BCUT2D eigenvalue weighted by atomic mass is 79.9. The van der Waals surface area contributed by atoms with Crippen LogP contribution in [0, 0.1) is 0 Å². The van der Waals surface area contributed by atoms with E-state index in [4.69, 9.17) is 16.3 Å². The molecule has 1 amide bonds. The number of halogens is 2. The maximum atomic E-state index is 12.4. The Labute approximate surface area is 127 Å². The molecule has 1 aromatic rings. The molecule has 0 bridgehead atoms. The van der Waals surface area contributed by atoms with Gasteiger partial charge in [0.1, 0.15) is 0 Å². The third-order valence-electron chi connectivity index (χ3n) is 3.24. The molecule has 1 aliphatic rings. The number of carbonyl (C=O) groups is 1. The highest BCUT2D eigenvalue weighted by Gasteiger charge is 2.28. The zero-order valence-corrected chi connectivity index (χ0v) is 13.2. The third kappa shape index (κ3) is 3.94. The number of morpholine rings is 1. The molecule has 0 radical (unpaired) electrons. The van der Waals surface area contributed by atoms with Crippen LogP contribution in [0.15, 0.2) is 28.7 Å². The molecule has 1 saturated heterocycles. The Kier molecular flexibility index (Phi) is 5.25. The van der Waals surface area contributed by atoms with Crippen molar-refractivity contribution in [3.05, 3.63) is 34.3 Å². The van der Waals surface area contributed by atoms with E-state index in [0.29, 0.717) is 25.5 Å². The monoisotopic (exact) mass is 345 g/mol. The second kappa shape index (κ2) is 6.73. The van der Waals surface area contributed by atoms with E-state index in [0.717, 1.165) is 10.0 Å². The minimum Gasteiger partial charge on any atom is -0.373 e. The van der Waals surface area contributed by atoms with Crippen LogP contribution in [0.3, 0.4) is 0 Å². The number of hydrogen-bond acceptors (Lipinski definition) is 2. The second-order valence-corrected chi connectivity index (χ2v) is 6.04. The lowest BCUT2D eigenvalue weighted by Gasteiger charge is -2.37. The number of benzene rings is 1. The lowest BCUT2D eigenvalue weighted by atomic mass is 10.1. The minimum absolute atomic E-state index is 0.0515. The Hall–Kier alpha value is -0.580. The van der Waals surface area contributed by atoms with Gasteiger partial charge in [-0.2, -0.15) is 0 Å². The fourth-order valence-corrected chi connectivity index (χ4v) is 2.81. The number of carbonyl (C=O) groups excluding carboxylic acids is 1. The van der Waals surface area contributed by atoms with Crippen LogP contribution in [0.4, 0.5) is 0 Å². The van der Waals surface area contributed by atoms with Gasteiger partial charge in [0.15, 0.2) is 0 Å². The average Bonchev–Trinajstić information content (AvgIpc) is 2.39. The summed E-state index contributed by atoms with van der Waals surface area (Å²) in [4.78, 5) is 14.2. The van der Waals surface area contributed by atoms with Crippen LogP contribution in [-0.2, 0) is 16.0 Å². The van der Waals surface area contributed by atoms with Crippen molar-refractivity contribution in [2.45, 2.75) is 25.5 Å². The Morgan fingerprint density at radius 2 is 2.37 bits per heavy atom. The van der Waals surface area contributed by atoms with Crippen LogP contribution in [0.5, 0.6) is 0 Å². The largest absolute Gasteiger partial charge is 0.373 e. The quantitative estimate of drug-likeness (QED) is 0.788. The van der Waals surface area contributed by atoms with Crippen LogP contribution in [-0.4, -0.2) is 42.0 Å². The molecular weight excluding hydrogens is 330 g/mol. The lowest BCUT2D eigenvalue weighted by molar-refractivity contribution is -0.142. The van der Waals surface area contributed by atoms with Crippen LogP contribution in [0.25, 0.3) is 0 Å². The normalized spacial score (nSPS) is 23.4. The summed E-state index contributed by atoms with van der Waals surface area (Å²) >= 11 is 9.23. The first kappa shape index (κ1) is 14.8. The van der Waals surface area contributed by atoms with Crippen LogP contribution >= 0.6 is 27.5 Å². The number of ether oxygens (including phenoxy) is 1. The SMILES string of the molecule is CC1COC(CCl)CN1C(=O)Cc1cccc(Br)c1.